The third-order valence-electron chi connectivity index (χ3n) is 5.66. The molecule has 2 heterocycles. The van der Waals surface area contributed by atoms with Gasteiger partial charge in [0.25, 0.3) is 5.91 Å². The fraction of sp³-hybridized carbons (Fsp3) is 0.667. The molecule has 0 radical (unpaired) electrons. The number of carbonyl (C=O) groups is 2. The first-order valence-electron chi connectivity index (χ1n) is 11.0. The molecule has 0 aromatic carbocycles. The number of hydrogen-bond donors (Lipinski definition) is 2. The van der Waals surface area contributed by atoms with Crippen LogP contribution < -0.4 is 10.2 Å². The van der Waals surface area contributed by atoms with E-state index in [0.717, 1.165) is 25.2 Å². The average Bonchev–Trinajstić information content (AvgIpc) is 3.59. The number of alkyl halides is 3. The first-order chi connectivity index (χ1) is 15.9. The van der Waals surface area contributed by atoms with Crippen LogP contribution in [0.15, 0.2) is 17.5 Å². The third kappa shape index (κ3) is 6.70. The summed E-state index contributed by atoms with van der Waals surface area (Å²) in [7, 11) is 0. The highest BCUT2D eigenvalue weighted by atomic mass is 19.4. The molecule has 3 rings (SSSR count). The first kappa shape index (κ1) is 25.5. The van der Waals surface area contributed by atoms with Crippen molar-refractivity contribution in [2.45, 2.75) is 51.9 Å². The normalized spacial score (nSPS) is 19.1. The molecule has 1 saturated heterocycles. The molecule has 1 saturated carbocycles. The number of aromatic nitrogens is 2. The van der Waals surface area contributed by atoms with Crippen LogP contribution in [0.4, 0.5) is 23.9 Å². The van der Waals surface area contributed by atoms with E-state index in [9.17, 15) is 22.8 Å². The van der Waals surface area contributed by atoms with Crippen molar-refractivity contribution in [3.8, 4) is 0 Å². The number of anilines is 1. The predicted molar refractivity (Wildman–Crippen MR) is 116 cm³/mol. The second kappa shape index (κ2) is 10.0. The Hall–Kier alpha value is -3.12. The van der Waals surface area contributed by atoms with Crippen LogP contribution in [0.25, 0.3) is 0 Å². The highest BCUT2D eigenvalue weighted by molar-refractivity contribution is 5.82. The van der Waals surface area contributed by atoms with Crippen LogP contribution in [0.2, 0.25) is 0 Å². The van der Waals surface area contributed by atoms with Gasteiger partial charge in [0, 0.05) is 44.0 Å². The molecule has 34 heavy (non-hydrogen) atoms. The Kier molecular flexibility index (Phi) is 7.51. The molecule has 1 aliphatic heterocycles. The first-order valence-corrected chi connectivity index (χ1v) is 11.0. The second-order valence-electron chi connectivity index (χ2n) is 9.50. The van der Waals surface area contributed by atoms with Gasteiger partial charge in [-0.3, -0.25) is 4.79 Å². The summed E-state index contributed by atoms with van der Waals surface area (Å²) < 4.78 is 38.1. The summed E-state index contributed by atoms with van der Waals surface area (Å²) in [5.74, 6) is 0.0740. The summed E-state index contributed by atoms with van der Waals surface area (Å²) in [5.41, 5.74) is -1.50. The van der Waals surface area contributed by atoms with Crippen molar-refractivity contribution in [1.82, 2.24) is 20.2 Å². The largest absolute Gasteiger partial charge is 0.465 e. The van der Waals surface area contributed by atoms with E-state index in [-0.39, 0.29) is 17.8 Å². The van der Waals surface area contributed by atoms with Crippen LogP contribution in [-0.2, 0) is 15.8 Å². The fourth-order valence-electron chi connectivity index (χ4n) is 3.53. The van der Waals surface area contributed by atoms with Crippen molar-refractivity contribution in [1.29, 1.82) is 0 Å². The van der Waals surface area contributed by atoms with Gasteiger partial charge in [-0.2, -0.15) is 13.2 Å². The summed E-state index contributed by atoms with van der Waals surface area (Å²) in [6, 6.07) is -0.472. The molecule has 1 unspecified atom stereocenters. The van der Waals surface area contributed by atoms with Crippen LogP contribution >= 0.6 is 0 Å². The topological polar surface area (TPSA) is 120 Å². The van der Waals surface area contributed by atoms with Crippen molar-refractivity contribution in [3.05, 3.63) is 18.0 Å². The number of piperazine rings is 1. The van der Waals surface area contributed by atoms with Crippen molar-refractivity contribution in [2.24, 2.45) is 16.5 Å². The lowest BCUT2D eigenvalue weighted by Crippen LogP contribution is -2.54. The number of rotatable bonds is 7. The van der Waals surface area contributed by atoms with Crippen LogP contribution in [0.5, 0.6) is 0 Å². The van der Waals surface area contributed by atoms with Crippen LogP contribution in [0.3, 0.4) is 0 Å². The van der Waals surface area contributed by atoms with Crippen LogP contribution in [0, 0.1) is 11.3 Å². The number of nitrogens with one attached hydrogen (secondary N) is 1. The smallest absolute Gasteiger partial charge is 0.419 e. The highest BCUT2D eigenvalue weighted by Crippen LogP contribution is 2.32. The fourth-order valence-corrected chi connectivity index (χ4v) is 3.53. The lowest BCUT2D eigenvalue weighted by Gasteiger charge is -2.38. The minimum Gasteiger partial charge on any atom is -0.465 e. The summed E-state index contributed by atoms with van der Waals surface area (Å²) >= 11 is 0. The second-order valence-corrected chi connectivity index (χ2v) is 9.50. The van der Waals surface area contributed by atoms with E-state index >= 15 is 0 Å². The van der Waals surface area contributed by atoms with Gasteiger partial charge in [0.15, 0.2) is 0 Å². The van der Waals surface area contributed by atoms with Gasteiger partial charge in [0.1, 0.15) is 0 Å². The van der Waals surface area contributed by atoms with E-state index in [1.165, 1.54) is 6.21 Å². The molecule has 2 atom stereocenters. The van der Waals surface area contributed by atoms with Gasteiger partial charge in [0.2, 0.25) is 12.1 Å². The number of halogens is 3. The quantitative estimate of drug-likeness (QED) is 0.449. The van der Waals surface area contributed by atoms with E-state index in [0.29, 0.717) is 26.2 Å². The Labute approximate surface area is 195 Å². The van der Waals surface area contributed by atoms with Crippen molar-refractivity contribution < 1.29 is 32.7 Å². The number of nitrogens with zero attached hydrogens (tertiary/aromatic N) is 5. The molecule has 2 aliphatic rings. The van der Waals surface area contributed by atoms with Crippen LogP contribution in [0.1, 0.15) is 39.2 Å². The molecule has 0 bridgehead atoms. The van der Waals surface area contributed by atoms with Crippen molar-refractivity contribution >= 4 is 24.2 Å². The van der Waals surface area contributed by atoms with E-state index < -0.39 is 35.4 Å². The van der Waals surface area contributed by atoms with Gasteiger partial charge in [0.05, 0.1) is 17.8 Å². The van der Waals surface area contributed by atoms with Gasteiger partial charge in [-0.25, -0.2) is 14.8 Å². The summed E-state index contributed by atoms with van der Waals surface area (Å²) in [4.78, 5) is 40.7. The minimum absolute atomic E-state index is 0.172. The van der Waals surface area contributed by atoms with Crippen molar-refractivity contribution in [3.63, 3.8) is 0 Å². The Balaban J connectivity index is 1.59. The Bertz CT molecular complexity index is 891. The maximum Gasteiger partial charge on any atom is 0.419 e. The number of amides is 2. The zero-order chi connectivity index (χ0) is 25.1. The molecule has 188 valence electrons. The lowest BCUT2D eigenvalue weighted by atomic mass is 9.88. The standard InChI is InChI=1S/C21H29F3N6O4/c1-20(2,3)16(34-27-12-15(13-4-5-13)28-19(32)33)17(31)29-6-8-30(9-7-29)18-25-10-14(11-26-18)21(22,23)24/h10-13,15-16,28H,4-9H2,1-3H3,(H,32,33)/b27-12+/t15-,16?/m1/s1. The molecule has 10 nitrogen and oxygen atoms in total. The molecule has 1 aliphatic carbocycles. The molecular formula is C21H29F3N6O4. The zero-order valence-electron chi connectivity index (χ0n) is 19.2. The summed E-state index contributed by atoms with van der Waals surface area (Å²) in [6.07, 6.45) is -1.89. The van der Waals surface area contributed by atoms with Gasteiger partial charge < -0.3 is 25.1 Å². The molecule has 1 aromatic rings. The number of carbonyl (C=O) groups excluding carboxylic acids is 1. The number of hydrogen-bond acceptors (Lipinski definition) is 7. The molecule has 0 spiro atoms. The molecule has 2 fully saturated rings. The van der Waals surface area contributed by atoms with Gasteiger partial charge in [-0.05, 0) is 18.8 Å². The number of oxime groups is 1. The van der Waals surface area contributed by atoms with E-state index in [1.54, 1.807) is 9.80 Å². The third-order valence-corrected chi connectivity index (χ3v) is 5.66. The minimum atomic E-state index is -4.50. The Morgan fingerprint density at radius 3 is 2.24 bits per heavy atom. The van der Waals surface area contributed by atoms with Gasteiger partial charge in [-0.1, -0.05) is 25.9 Å². The van der Waals surface area contributed by atoms with Gasteiger partial charge in [-0.15, -0.1) is 0 Å². The predicted octanol–water partition coefficient (Wildman–Crippen LogP) is 2.61. The SMILES string of the molecule is CC(C)(C)C(O/N=C/[C@@H](NC(=O)O)C1CC1)C(=O)N1CCN(c2ncc(C(F)(F)F)cn2)CC1. The molecule has 13 heteroatoms. The average molecular weight is 486 g/mol. The van der Waals surface area contributed by atoms with Crippen LogP contribution in [-0.4, -0.2) is 76.5 Å². The zero-order valence-corrected chi connectivity index (χ0v) is 19.2. The molecule has 2 N–H and O–H groups in total. The molecular weight excluding hydrogens is 457 g/mol. The number of carboxylic acid groups (broad SMARTS) is 1. The summed E-state index contributed by atoms with van der Waals surface area (Å²) in [5, 5.41) is 15.3. The maximum atomic E-state index is 13.2. The summed E-state index contributed by atoms with van der Waals surface area (Å²) in [6.45, 7) is 6.84. The lowest BCUT2D eigenvalue weighted by molar-refractivity contribution is -0.151. The highest BCUT2D eigenvalue weighted by Gasteiger charge is 2.39. The Morgan fingerprint density at radius 1 is 1.18 bits per heavy atom. The van der Waals surface area contributed by atoms with Crippen molar-refractivity contribution in [2.75, 3.05) is 31.1 Å². The van der Waals surface area contributed by atoms with Gasteiger partial charge >= 0.3 is 12.3 Å². The van der Waals surface area contributed by atoms with E-state index in [2.05, 4.69) is 20.4 Å². The van der Waals surface area contributed by atoms with E-state index in [4.69, 9.17) is 9.94 Å². The molecule has 1 aromatic heterocycles. The van der Waals surface area contributed by atoms with E-state index in [1.807, 2.05) is 20.8 Å². The Morgan fingerprint density at radius 2 is 1.76 bits per heavy atom. The monoisotopic (exact) mass is 486 g/mol. The molecule has 2 amide bonds. The maximum absolute atomic E-state index is 13.2.